The third-order valence-corrected chi connectivity index (χ3v) is 17.2. The second-order valence-corrected chi connectivity index (χ2v) is 15.4. The third kappa shape index (κ3) is 3.65. The zero-order chi connectivity index (χ0) is 11.2. The van der Waals surface area contributed by atoms with Crippen LogP contribution in [0.4, 0.5) is 0 Å². The van der Waals surface area contributed by atoms with E-state index in [4.69, 9.17) is 0 Å². The van der Waals surface area contributed by atoms with Crippen LogP contribution in [0.1, 0.15) is 77.6 Å². The zero-order valence-corrected chi connectivity index (χ0v) is 14.0. The fourth-order valence-corrected chi connectivity index (χ4v) is 16.4. The van der Waals surface area contributed by atoms with Crippen molar-refractivity contribution in [3.8, 4) is 0 Å². The normalized spacial score (nSPS) is 25.1. The maximum absolute atomic E-state index is 2.44. The molecule has 0 aliphatic heterocycles. The molecule has 0 heterocycles. The molecule has 0 unspecified atom stereocenters. The van der Waals surface area contributed by atoms with E-state index in [9.17, 15) is 0 Å². The van der Waals surface area contributed by atoms with E-state index in [1.807, 2.05) is 0 Å². The quantitative estimate of drug-likeness (QED) is 0.593. The fourth-order valence-electron chi connectivity index (χ4n) is 3.98. The first kappa shape index (κ1) is 13.2. The van der Waals surface area contributed by atoms with Gasteiger partial charge in [-0.3, -0.25) is 0 Å². The van der Waals surface area contributed by atoms with Crippen LogP contribution in [0.2, 0.25) is 12.3 Å². The summed E-state index contributed by atoms with van der Waals surface area (Å²) in [7, 11) is 0. The first-order valence-electron chi connectivity index (χ1n) is 7.77. The summed E-state index contributed by atoms with van der Waals surface area (Å²) >= 11 is -1.02. The Morgan fingerprint density at radius 1 is 0.750 bits per heavy atom. The molecule has 0 bridgehead atoms. The molecule has 0 amide bonds. The van der Waals surface area contributed by atoms with Crippen LogP contribution in [-0.4, -0.2) is 19.8 Å². The van der Waals surface area contributed by atoms with Crippen LogP contribution in [0.3, 0.4) is 0 Å². The van der Waals surface area contributed by atoms with Crippen LogP contribution in [0.15, 0.2) is 0 Å². The van der Waals surface area contributed by atoms with Crippen molar-refractivity contribution >= 4 is 19.8 Å². The SMILES string of the molecule is CC[CH2][Sn]([CH]1CCCCC1)[CH]1CCCCC1. The van der Waals surface area contributed by atoms with Gasteiger partial charge in [0.25, 0.3) is 0 Å². The Kier molecular flexibility index (Phi) is 6.02. The Balaban J connectivity index is 1.91. The van der Waals surface area contributed by atoms with Gasteiger partial charge in [0.2, 0.25) is 0 Å². The summed E-state index contributed by atoms with van der Waals surface area (Å²) in [6.45, 7) is 2.44. The number of rotatable bonds is 4. The minimum atomic E-state index is -1.02. The average molecular weight is 328 g/mol. The average Bonchev–Trinajstić information content (AvgIpc) is 2.38. The molecule has 0 aromatic carbocycles. The van der Waals surface area contributed by atoms with E-state index in [0.29, 0.717) is 0 Å². The molecule has 0 saturated heterocycles. The van der Waals surface area contributed by atoms with Crippen molar-refractivity contribution in [1.29, 1.82) is 0 Å². The van der Waals surface area contributed by atoms with E-state index in [-0.39, 0.29) is 0 Å². The third-order valence-electron chi connectivity index (χ3n) is 4.80. The van der Waals surface area contributed by atoms with Crippen molar-refractivity contribution in [3.05, 3.63) is 0 Å². The molecule has 0 N–H and O–H groups in total. The van der Waals surface area contributed by atoms with E-state index in [1.54, 1.807) is 68.6 Å². The Morgan fingerprint density at radius 3 is 1.56 bits per heavy atom. The molecule has 0 aromatic rings. The Labute approximate surface area is 109 Å². The summed E-state index contributed by atoms with van der Waals surface area (Å²) in [5, 5.41) is 0. The molecule has 0 nitrogen and oxygen atoms in total. The standard InChI is InChI=1S/2C6H11.C3H7.Sn/c2*1-2-4-6-5-3-1;1-3-2;/h2*1H,2-6H2;1,3H2,2H3;. The molecule has 2 aliphatic rings. The van der Waals surface area contributed by atoms with Gasteiger partial charge in [-0.05, 0) is 0 Å². The van der Waals surface area contributed by atoms with E-state index in [1.165, 1.54) is 14.3 Å². The molecular weight excluding hydrogens is 299 g/mol. The molecule has 1 heteroatoms. The summed E-state index contributed by atoms with van der Waals surface area (Å²) in [4.78, 5) is 0. The number of hydrogen-bond donors (Lipinski definition) is 0. The van der Waals surface area contributed by atoms with Crippen LogP contribution < -0.4 is 0 Å². The van der Waals surface area contributed by atoms with Crippen molar-refractivity contribution in [2.75, 3.05) is 0 Å². The molecule has 2 aliphatic carbocycles. The summed E-state index contributed by atoms with van der Waals surface area (Å²) < 4.78 is 4.33. The molecule has 0 atom stereocenters. The predicted octanol–water partition coefficient (Wildman–Crippen LogP) is 5.56. The molecule has 0 aromatic heterocycles. The van der Waals surface area contributed by atoms with Gasteiger partial charge in [-0.1, -0.05) is 0 Å². The van der Waals surface area contributed by atoms with Crippen molar-refractivity contribution in [3.63, 3.8) is 0 Å². The molecule has 16 heavy (non-hydrogen) atoms. The number of hydrogen-bond acceptors (Lipinski definition) is 0. The van der Waals surface area contributed by atoms with Gasteiger partial charge < -0.3 is 0 Å². The van der Waals surface area contributed by atoms with Crippen LogP contribution in [0, 0.1) is 0 Å². The van der Waals surface area contributed by atoms with Crippen molar-refractivity contribution in [1.82, 2.24) is 0 Å². The summed E-state index contributed by atoms with van der Waals surface area (Å²) in [6.07, 6.45) is 17.5. The summed E-state index contributed by atoms with van der Waals surface area (Å²) in [6, 6.07) is 0. The van der Waals surface area contributed by atoms with Gasteiger partial charge >= 0.3 is 110 Å². The molecule has 2 fully saturated rings. The van der Waals surface area contributed by atoms with E-state index in [2.05, 4.69) is 6.92 Å². The van der Waals surface area contributed by atoms with Crippen LogP contribution >= 0.6 is 0 Å². The topological polar surface area (TPSA) is 0 Å². The van der Waals surface area contributed by atoms with Gasteiger partial charge in [-0.25, -0.2) is 0 Å². The van der Waals surface area contributed by atoms with Gasteiger partial charge in [-0.2, -0.15) is 0 Å². The Bertz CT molecular complexity index is 160. The maximum atomic E-state index is 2.44. The first-order chi connectivity index (χ1) is 7.92. The van der Waals surface area contributed by atoms with Crippen LogP contribution in [0.5, 0.6) is 0 Å². The second kappa shape index (κ2) is 7.28. The molecule has 93 valence electrons. The summed E-state index contributed by atoms with van der Waals surface area (Å²) in [5.41, 5.74) is 0. The first-order valence-corrected chi connectivity index (χ1v) is 13.1. The Hall–Kier alpha value is 0.799. The van der Waals surface area contributed by atoms with Crippen molar-refractivity contribution in [2.45, 2.75) is 89.9 Å². The predicted molar refractivity (Wildman–Crippen MR) is 74.5 cm³/mol. The fraction of sp³-hybridized carbons (Fsp3) is 1.00. The van der Waals surface area contributed by atoms with Crippen molar-refractivity contribution < 1.29 is 0 Å². The molecular formula is C15H29Sn. The molecule has 2 rings (SSSR count). The monoisotopic (exact) mass is 329 g/mol. The van der Waals surface area contributed by atoms with E-state index >= 15 is 0 Å². The molecule has 0 spiro atoms. The van der Waals surface area contributed by atoms with Crippen LogP contribution in [0.25, 0.3) is 0 Å². The van der Waals surface area contributed by atoms with Gasteiger partial charge in [0.05, 0.1) is 0 Å². The second-order valence-electron chi connectivity index (χ2n) is 5.99. The molecule has 1 radical (unpaired) electrons. The van der Waals surface area contributed by atoms with Gasteiger partial charge in [-0.15, -0.1) is 0 Å². The van der Waals surface area contributed by atoms with E-state index in [0.717, 1.165) is 0 Å². The van der Waals surface area contributed by atoms with Crippen LogP contribution in [-0.2, 0) is 0 Å². The summed E-state index contributed by atoms with van der Waals surface area (Å²) in [5.74, 6) is 0. The zero-order valence-electron chi connectivity index (χ0n) is 11.1. The molecule has 2 saturated carbocycles. The van der Waals surface area contributed by atoms with Gasteiger partial charge in [0.15, 0.2) is 0 Å². The van der Waals surface area contributed by atoms with E-state index < -0.39 is 19.8 Å². The van der Waals surface area contributed by atoms with Gasteiger partial charge in [0, 0.05) is 0 Å². The minimum absolute atomic E-state index is 1.02. The van der Waals surface area contributed by atoms with Gasteiger partial charge in [0.1, 0.15) is 0 Å². The Morgan fingerprint density at radius 2 is 1.19 bits per heavy atom. The van der Waals surface area contributed by atoms with Crippen molar-refractivity contribution in [2.24, 2.45) is 0 Å².